The lowest BCUT2D eigenvalue weighted by Gasteiger charge is -2.38. The molecule has 2 heterocycles. The van der Waals surface area contributed by atoms with E-state index in [9.17, 15) is 23.1 Å². The van der Waals surface area contributed by atoms with E-state index in [0.717, 1.165) is 31.6 Å². The molecule has 4 rings (SSSR count). The Morgan fingerprint density at radius 1 is 0.969 bits per heavy atom. The minimum atomic E-state index is -4.89. The van der Waals surface area contributed by atoms with Crippen LogP contribution in [0, 0.1) is 0 Å². The first-order chi connectivity index (χ1) is 15.3. The maximum Gasteiger partial charge on any atom is 0.454 e. The van der Waals surface area contributed by atoms with Gasteiger partial charge in [-0.3, -0.25) is 4.79 Å². The molecular weight excluding hydrogens is 417 g/mol. The summed E-state index contributed by atoms with van der Waals surface area (Å²) in [6, 6.07) is 16.7. The number of alkyl halides is 3. The average Bonchev–Trinajstić information content (AvgIpc) is 3.13. The van der Waals surface area contributed by atoms with Crippen LogP contribution < -0.4 is 0 Å². The van der Waals surface area contributed by atoms with Crippen LogP contribution in [-0.4, -0.2) is 51.8 Å². The summed E-state index contributed by atoms with van der Waals surface area (Å²) in [6.07, 6.45) is -0.783. The van der Waals surface area contributed by atoms with Gasteiger partial charge in [0.25, 0.3) is 5.78 Å². The number of hydrogen-bond acceptors (Lipinski definition) is 3. The molecule has 0 spiro atoms. The fourth-order valence-electron chi connectivity index (χ4n) is 4.58. The van der Waals surface area contributed by atoms with Gasteiger partial charge in [-0.15, -0.1) is 0 Å². The minimum absolute atomic E-state index is 0.294. The Kier molecular flexibility index (Phi) is 6.40. The van der Waals surface area contributed by atoms with E-state index in [4.69, 9.17) is 0 Å². The molecule has 4 nitrogen and oxygen atoms in total. The zero-order valence-electron chi connectivity index (χ0n) is 17.8. The molecule has 32 heavy (non-hydrogen) atoms. The summed E-state index contributed by atoms with van der Waals surface area (Å²) in [5.41, 5.74) is 0.779. The van der Waals surface area contributed by atoms with Gasteiger partial charge < -0.3 is 14.6 Å². The fraction of sp³-hybridized carbons (Fsp3) is 0.400. The van der Waals surface area contributed by atoms with E-state index < -0.39 is 17.6 Å². The molecule has 2 aromatic carbocycles. The number of carbonyl (C=O) groups excluding carboxylic acids is 1. The molecule has 3 aromatic rings. The predicted molar refractivity (Wildman–Crippen MR) is 118 cm³/mol. The number of benzene rings is 2. The number of rotatable bonds is 7. The second-order valence-corrected chi connectivity index (χ2v) is 8.66. The largest absolute Gasteiger partial charge is 0.454 e. The Morgan fingerprint density at radius 3 is 2.31 bits per heavy atom. The van der Waals surface area contributed by atoms with Crippen LogP contribution in [0.1, 0.15) is 35.2 Å². The number of Topliss-reactive ketones (excluding diaryl/α,β-unsaturated/α-hetero) is 1. The number of likely N-dealkylation sites (tertiary alicyclic amines) is 1. The zero-order valence-corrected chi connectivity index (χ0v) is 17.8. The van der Waals surface area contributed by atoms with Crippen LogP contribution in [0.15, 0.2) is 60.8 Å². The Morgan fingerprint density at radius 2 is 1.62 bits per heavy atom. The number of ketones is 1. The van der Waals surface area contributed by atoms with Gasteiger partial charge in [-0.05, 0) is 37.4 Å². The van der Waals surface area contributed by atoms with Gasteiger partial charge in [0.2, 0.25) is 0 Å². The van der Waals surface area contributed by atoms with Crippen LogP contribution in [0.4, 0.5) is 13.2 Å². The molecule has 1 N–H and O–H groups in total. The highest BCUT2D eigenvalue weighted by Gasteiger charge is 2.40. The average molecular weight is 444 g/mol. The van der Waals surface area contributed by atoms with Crippen molar-refractivity contribution in [3.8, 4) is 0 Å². The Balaban J connectivity index is 1.34. The van der Waals surface area contributed by atoms with Crippen LogP contribution in [0.2, 0.25) is 0 Å². The molecule has 0 atom stereocenters. The van der Waals surface area contributed by atoms with Crippen LogP contribution in [0.5, 0.6) is 0 Å². The van der Waals surface area contributed by atoms with E-state index in [1.165, 1.54) is 6.20 Å². The van der Waals surface area contributed by atoms with E-state index in [1.54, 1.807) is 28.8 Å². The van der Waals surface area contributed by atoms with Crippen molar-refractivity contribution in [2.75, 3.05) is 19.6 Å². The second kappa shape index (κ2) is 9.08. The molecule has 0 amide bonds. The fourth-order valence-corrected chi connectivity index (χ4v) is 4.58. The highest BCUT2D eigenvalue weighted by atomic mass is 19.4. The number of aliphatic hydroxyl groups is 1. The standard InChI is InChI=1S/C25H27F3N2O2/c26-25(27,28)23(31)21-18-30(22-10-5-4-9-20(21)22)14-6-13-29-15-11-24(32,12-16-29)17-19-7-2-1-3-8-19/h1-5,7-10,18,32H,6,11-17H2. The van der Waals surface area contributed by atoms with E-state index in [1.807, 2.05) is 30.3 Å². The molecule has 0 aliphatic carbocycles. The number of piperidine rings is 1. The van der Waals surface area contributed by atoms with Crippen molar-refractivity contribution in [2.45, 2.75) is 44.0 Å². The Labute approximate surface area is 185 Å². The highest BCUT2D eigenvalue weighted by Crippen LogP contribution is 2.29. The summed E-state index contributed by atoms with van der Waals surface area (Å²) in [4.78, 5) is 14.1. The monoisotopic (exact) mass is 444 g/mol. The van der Waals surface area contributed by atoms with Gasteiger partial charge in [0.15, 0.2) is 0 Å². The molecule has 170 valence electrons. The van der Waals surface area contributed by atoms with Crippen molar-refractivity contribution in [1.82, 2.24) is 9.47 Å². The predicted octanol–water partition coefficient (Wildman–Crippen LogP) is 4.85. The SMILES string of the molecule is O=C(c1cn(CCCN2CCC(O)(Cc3ccccc3)CC2)c2ccccc12)C(F)(F)F. The van der Waals surface area contributed by atoms with Gasteiger partial charge in [-0.25, -0.2) is 0 Å². The number of hydrogen-bond donors (Lipinski definition) is 1. The molecule has 0 radical (unpaired) electrons. The minimum Gasteiger partial charge on any atom is -0.389 e. The summed E-state index contributed by atoms with van der Waals surface area (Å²) in [5.74, 6) is -1.80. The first-order valence-electron chi connectivity index (χ1n) is 10.9. The number of aromatic nitrogens is 1. The van der Waals surface area contributed by atoms with E-state index in [-0.39, 0.29) is 5.56 Å². The van der Waals surface area contributed by atoms with Gasteiger partial charge in [-0.2, -0.15) is 13.2 Å². The third-order valence-electron chi connectivity index (χ3n) is 6.33. The molecule has 1 aromatic heterocycles. The first-order valence-corrected chi connectivity index (χ1v) is 10.9. The normalized spacial score (nSPS) is 17.0. The van der Waals surface area contributed by atoms with Crippen LogP contribution in [0.25, 0.3) is 10.9 Å². The summed E-state index contributed by atoms with van der Waals surface area (Å²) >= 11 is 0. The Bertz CT molecular complexity index is 1070. The number of halogens is 3. The highest BCUT2D eigenvalue weighted by molar-refractivity contribution is 6.10. The lowest BCUT2D eigenvalue weighted by Crippen LogP contribution is -2.46. The van der Waals surface area contributed by atoms with Crippen molar-refractivity contribution >= 4 is 16.7 Å². The van der Waals surface area contributed by atoms with Crippen molar-refractivity contribution in [2.24, 2.45) is 0 Å². The smallest absolute Gasteiger partial charge is 0.389 e. The maximum absolute atomic E-state index is 13.0. The molecule has 1 aliphatic heterocycles. The van der Waals surface area contributed by atoms with E-state index in [0.29, 0.717) is 36.7 Å². The molecule has 0 unspecified atom stereocenters. The lowest BCUT2D eigenvalue weighted by atomic mass is 9.85. The van der Waals surface area contributed by atoms with Crippen LogP contribution in [-0.2, 0) is 13.0 Å². The molecule has 7 heteroatoms. The van der Waals surface area contributed by atoms with Gasteiger partial charge >= 0.3 is 6.18 Å². The van der Waals surface area contributed by atoms with Crippen molar-refractivity contribution in [3.05, 3.63) is 71.9 Å². The van der Waals surface area contributed by atoms with Crippen molar-refractivity contribution in [1.29, 1.82) is 0 Å². The van der Waals surface area contributed by atoms with Gasteiger partial charge in [0, 0.05) is 43.2 Å². The Hall–Kier alpha value is -2.64. The third-order valence-corrected chi connectivity index (χ3v) is 6.33. The molecule has 1 aliphatic rings. The molecule has 0 saturated carbocycles. The summed E-state index contributed by atoms with van der Waals surface area (Å²) < 4.78 is 40.7. The number of nitrogens with zero attached hydrogens (tertiary/aromatic N) is 2. The molecule has 1 fully saturated rings. The third kappa shape index (κ3) is 5.05. The quantitative estimate of drug-likeness (QED) is 0.530. The molecule has 0 bridgehead atoms. The molecular formula is C25H27F3N2O2. The summed E-state index contributed by atoms with van der Waals surface area (Å²) in [5, 5.41) is 11.3. The summed E-state index contributed by atoms with van der Waals surface area (Å²) in [7, 11) is 0. The van der Waals surface area contributed by atoms with Crippen molar-refractivity contribution in [3.63, 3.8) is 0 Å². The zero-order chi connectivity index (χ0) is 22.8. The van der Waals surface area contributed by atoms with Crippen molar-refractivity contribution < 1.29 is 23.1 Å². The summed E-state index contributed by atoms with van der Waals surface area (Å²) in [6.45, 7) is 2.88. The number of para-hydroxylation sites is 1. The van der Waals surface area contributed by atoms with Crippen LogP contribution >= 0.6 is 0 Å². The van der Waals surface area contributed by atoms with Crippen LogP contribution in [0.3, 0.4) is 0 Å². The van der Waals surface area contributed by atoms with Gasteiger partial charge in [0.1, 0.15) is 0 Å². The number of carbonyl (C=O) groups is 1. The van der Waals surface area contributed by atoms with Gasteiger partial charge in [0.05, 0.1) is 11.2 Å². The van der Waals surface area contributed by atoms with E-state index in [2.05, 4.69) is 4.90 Å². The lowest BCUT2D eigenvalue weighted by molar-refractivity contribution is -0.0884. The first kappa shape index (κ1) is 22.6. The van der Waals surface area contributed by atoms with E-state index >= 15 is 0 Å². The topological polar surface area (TPSA) is 45.5 Å². The molecule has 1 saturated heterocycles. The second-order valence-electron chi connectivity index (χ2n) is 8.66. The number of fused-ring (bicyclic) bond motifs is 1. The maximum atomic E-state index is 13.0. The van der Waals surface area contributed by atoms with Gasteiger partial charge in [-0.1, -0.05) is 48.5 Å². The number of aryl methyl sites for hydroxylation is 1.